The minimum absolute atomic E-state index is 0.101. The first kappa shape index (κ1) is 18.2. The number of H-pyrrole nitrogens is 1. The van der Waals surface area contributed by atoms with Crippen molar-refractivity contribution in [3.8, 4) is 11.4 Å². The average Bonchev–Trinajstić information content (AvgIpc) is 3.33. The maximum absolute atomic E-state index is 12.5. The maximum atomic E-state index is 12.5. The third-order valence-corrected chi connectivity index (χ3v) is 7.05. The Morgan fingerprint density at radius 2 is 2.11 bits per heavy atom. The van der Waals surface area contributed by atoms with Crippen molar-refractivity contribution in [2.24, 2.45) is 0 Å². The number of amides is 1. The lowest BCUT2D eigenvalue weighted by atomic mass is 9.95. The molecule has 3 aromatic rings. The van der Waals surface area contributed by atoms with Crippen LogP contribution in [-0.2, 0) is 0 Å². The molecule has 27 heavy (non-hydrogen) atoms. The predicted molar refractivity (Wildman–Crippen MR) is 108 cm³/mol. The van der Waals surface area contributed by atoms with E-state index in [1.165, 1.54) is 0 Å². The summed E-state index contributed by atoms with van der Waals surface area (Å²) in [6, 6.07) is 7.60. The molecule has 1 aliphatic rings. The number of thioether (sulfide) groups is 1. The fourth-order valence-corrected chi connectivity index (χ4v) is 5.49. The highest BCUT2D eigenvalue weighted by Gasteiger charge is 2.24. The Hall–Kier alpha value is -2.19. The molecule has 0 spiro atoms. The average molecular weight is 400 g/mol. The van der Waals surface area contributed by atoms with Gasteiger partial charge in [0, 0.05) is 28.6 Å². The van der Waals surface area contributed by atoms with E-state index in [0.717, 1.165) is 41.4 Å². The van der Waals surface area contributed by atoms with Crippen LogP contribution < -0.4 is 5.32 Å². The molecule has 0 aliphatic heterocycles. The molecule has 4 rings (SSSR count). The van der Waals surface area contributed by atoms with E-state index in [1.807, 2.05) is 36.9 Å². The monoisotopic (exact) mass is 399 g/mol. The molecule has 1 saturated carbocycles. The number of aromatic nitrogens is 4. The number of pyridine rings is 1. The van der Waals surface area contributed by atoms with Crippen LogP contribution in [0.5, 0.6) is 0 Å². The van der Waals surface area contributed by atoms with Crippen LogP contribution in [0.25, 0.3) is 11.4 Å². The number of thiazole rings is 1. The normalized spacial score (nSPS) is 19.7. The molecule has 0 atom stereocenters. The highest BCUT2D eigenvalue weighted by molar-refractivity contribution is 8.01. The highest BCUT2D eigenvalue weighted by Crippen LogP contribution is 2.35. The molecule has 1 aliphatic carbocycles. The van der Waals surface area contributed by atoms with Crippen LogP contribution in [0, 0.1) is 6.92 Å². The number of nitrogens with one attached hydrogen (secondary N) is 2. The van der Waals surface area contributed by atoms with Gasteiger partial charge in [-0.05, 0) is 50.8 Å². The molecule has 6 nitrogen and oxygen atoms in total. The summed E-state index contributed by atoms with van der Waals surface area (Å²) < 4.78 is 1.15. The second-order valence-corrected chi connectivity index (χ2v) is 9.11. The van der Waals surface area contributed by atoms with Crippen molar-refractivity contribution in [1.82, 2.24) is 25.5 Å². The van der Waals surface area contributed by atoms with Crippen LogP contribution in [0.3, 0.4) is 0 Å². The van der Waals surface area contributed by atoms with Crippen molar-refractivity contribution >= 4 is 29.0 Å². The van der Waals surface area contributed by atoms with Gasteiger partial charge in [-0.1, -0.05) is 17.8 Å². The number of carbonyl (C=O) groups is 1. The SMILES string of the molecule is Cc1csc(SC2CCC(NC(=O)c3cc(-c4ccccn4)n[nH]3)CC2)n1. The van der Waals surface area contributed by atoms with Crippen LogP contribution in [0.15, 0.2) is 40.2 Å². The van der Waals surface area contributed by atoms with Crippen LogP contribution in [-0.4, -0.2) is 37.4 Å². The van der Waals surface area contributed by atoms with E-state index < -0.39 is 0 Å². The molecular weight excluding hydrogens is 378 g/mol. The zero-order chi connectivity index (χ0) is 18.6. The molecule has 0 saturated heterocycles. The fraction of sp³-hybridized carbons (Fsp3) is 0.368. The fourth-order valence-electron chi connectivity index (χ4n) is 3.20. The lowest BCUT2D eigenvalue weighted by Gasteiger charge is -2.28. The van der Waals surface area contributed by atoms with Gasteiger partial charge in [-0.15, -0.1) is 11.3 Å². The van der Waals surface area contributed by atoms with Gasteiger partial charge in [-0.2, -0.15) is 5.10 Å². The topological polar surface area (TPSA) is 83.6 Å². The summed E-state index contributed by atoms with van der Waals surface area (Å²) in [6.45, 7) is 2.03. The number of aryl methyl sites for hydroxylation is 1. The maximum Gasteiger partial charge on any atom is 0.269 e. The van der Waals surface area contributed by atoms with E-state index in [1.54, 1.807) is 23.6 Å². The number of carbonyl (C=O) groups excluding carboxylic acids is 1. The lowest BCUT2D eigenvalue weighted by molar-refractivity contribution is 0.0923. The predicted octanol–water partition coefficient (Wildman–Crippen LogP) is 4.07. The molecule has 0 unspecified atom stereocenters. The van der Waals surface area contributed by atoms with Gasteiger partial charge in [0.15, 0.2) is 0 Å². The summed E-state index contributed by atoms with van der Waals surface area (Å²) >= 11 is 3.59. The highest BCUT2D eigenvalue weighted by atomic mass is 32.2. The Morgan fingerprint density at radius 1 is 1.26 bits per heavy atom. The first-order valence-corrected chi connectivity index (χ1v) is 10.8. The third kappa shape index (κ3) is 4.56. The zero-order valence-electron chi connectivity index (χ0n) is 15.0. The van der Waals surface area contributed by atoms with Gasteiger partial charge >= 0.3 is 0 Å². The second kappa shape index (κ2) is 8.22. The van der Waals surface area contributed by atoms with E-state index in [0.29, 0.717) is 16.6 Å². The van der Waals surface area contributed by atoms with Gasteiger partial charge in [0.25, 0.3) is 5.91 Å². The smallest absolute Gasteiger partial charge is 0.269 e. The van der Waals surface area contributed by atoms with E-state index in [2.05, 4.69) is 30.9 Å². The largest absolute Gasteiger partial charge is 0.348 e. The molecule has 140 valence electrons. The first-order valence-electron chi connectivity index (χ1n) is 9.04. The van der Waals surface area contributed by atoms with Crippen LogP contribution in [0.4, 0.5) is 0 Å². The summed E-state index contributed by atoms with van der Waals surface area (Å²) in [4.78, 5) is 21.3. The Kier molecular flexibility index (Phi) is 5.54. The minimum Gasteiger partial charge on any atom is -0.348 e. The van der Waals surface area contributed by atoms with Crippen molar-refractivity contribution in [3.63, 3.8) is 0 Å². The van der Waals surface area contributed by atoms with Crippen molar-refractivity contribution in [1.29, 1.82) is 0 Å². The van der Waals surface area contributed by atoms with Crippen molar-refractivity contribution in [2.45, 2.75) is 48.2 Å². The van der Waals surface area contributed by atoms with Gasteiger partial charge in [0.1, 0.15) is 15.7 Å². The minimum atomic E-state index is -0.101. The van der Waals surface area contributed by atoms with Crippen LogP contribution in [0.1, 0.15) is 41.9 Å². The summed E-state index contributed by atoms with van der Waals surface area (Å²) in [5.41, 5.74) is 3.00. The molecule has 1 amide bonds. The third-order valence-electron chi connectivity index (χ3n) is 4.62. The number of nitrogens with zero attached hydrogens (tertiary/aromatic N) is 3. The van der Waals surface area contributed by atoms with Crippen LogP contribution in [0.2, 0.25) is 0 Å². The van der Waals surface area contributed by atoms with Gasteiger partial charge < -0.3 is 5.32 Å². The molecule has 2 N–H and O–H groups in total. The summed E-state index contributed by atoms with van der Waals surface area (Å²) in [5, 5.41) is 12.8. The Morgan fingerprint density at radius 3 is 2.81 bits per heavy atom. The van der Waals surface area contributed by atoms with Gasteiger partial charge in [-0.25, -0.2) is 4.98 Å². The lowest BCUT2D eigenvalue weighted by Crippen LogP contribution is -2.38. The van der Waals surface area contributed by atoms with E-state index >= 15 is 0 Å². The zero-order valence-corrected chi connectivity index (χ0v) is 16.6. The summed E-state index contributed by atoms with van der Waals surface area (Å²) in [5.74, 6) is -0.101. The van der Waals surface area contributed by atoms with Gasteiger partial charge in [0.2, 0.25) is 0 Å². The van der Waals surface area contributed by atoms with Gasteiger partial charge in [0.05, 0.1) is 5.69 Å². The van der Waals surface area contributed by atoms with E-state index in [-0.39, 0.29) is 11.9 Å². The van der Waals surface area contributed by atoms with E-state index in [9.17, 15) is 4.79 Å². The summed E-state index contributed by atoms with van der Waals surface area (Å²) in [7, 11) is 0. The summed E-state index contributed by atoms with van der Waals surface area (Å²) in [6.07, 6.45) is 5.89. The molecule has 3 aromatic heterocycles. The van der Waals surface area contributed by atoms with Crippen molar-refractivity contribution < 1.29 is 4.79 Å². The molecule has 0 bridgehead atoms. The van der Waals surface area contributed by atoms with Gasteiger partial charge in [-0.3, -0.25) is 14.9 Å². The first-order chi connectivity index (χ1) is 13.2. The number of aromatic amines is 1. The number of hydrogen-bond donors (Lipinski definition) is 2. The number of rotatable bonds is 5. The van der Waals surface area contributed by atoms with E-state index in [4.69, 9.17) is 0 Å². The van der Waals surface area contributed by atoms with Crippen LogP contribution >= 0.6 is 23.1 Å². The van der Waals surface area contributed by atoms with Crippen molar-refractivity contribution in [2.75, 3.05) is 0 Å². The molecule has 8 heteroatoms. The number of hydrogen-bond acceptors (Lipinski definition) is 6. The Bertz CT molecular complexity index is 900. The molecule has 1 fully saturated rings. The Balaban J connectivity index is 1.29. The second-order valence-electron chi connectivity index (χ2n) is 6.70. The standard InChI is InChI=1S/C19H21N5OS2/c1-12-11-26-19(21-12)27-14-7-5-13(6-8-14)22-18(25)17-10-16(23-24-17)15-4-2-3-9-20-15/h2-4,9-11,13-14H,5-8H2,1H3,(H,22,25)(H,23,24). The molecule has 0 aromatic carbocycles. The molecular formula is C19H21N5OS2. The van der Waals surface area contributed by atoms with Crippen molar-refractivity contribution in [3.05, 3.63) is 47.2 Å². The Labute approximate surface area is 166 Å². The molecule has 0 radical (unpaired) electrons. The quantitative estimate of drug-likeness (QED) is 0.676. The molecule has 3 heterocycles.